The van der Waals surface area contributed by atoms with E-state index in [1.54, 1.807) is 29.5 Å². The molecule has 2 aromatic carbocycles. The third-order valence-corrected chi connectivity index (χ3v) is 6.34. The summed E-state index contributed by atoms with van der Waals surface area (Å²) in [5, 5.41) is 3.87. The molecule has 3 aromatic rings. The molecule has 2 N–H and O–H groups in total. The van der Waals surface area contributed by atoms with E-state index in [9.17, 15) is 13.6 Å². The van der Waals surface area contributed by atoms with Crippen LogP contribution in [0.4, 0.5) is 14.5 Å². The van der Waals surface area contributed by atoms with E-state index in [0.717, 1.165) is 31.4 Å². The molecule has 2 heterocycles. The number of amides is 1. The maximum Gasteiger partial charge on any atom is 0.387 e. The summed E-state index contributed by atoms with van der Waals surface area (Å²) in [7, 11) is 0. The van der Waals surface area contributed by atoms with Crippen molar-refractivity contribution in [2.75, 3.05) is 25.0 Å². The summed E-state index contributed by atoms with van der Waals surface area (Å²) in [6.07, 6.45) is 1.96. The number of piperidine rings is 1. The van der Waals surface area contributed by atoms with E-state index in [2.05, 4.69) is 16.1 Å². The summed E-state index contributed by atoms with van der Waals surface area (Å²) >= 11 is 1.75. The van der Waals surface area contributed by atoms with Crippen molar-refractivity contribution in [3.63, 3.8) is 0 Å². The number of nitrogens with zero attached hydrogens (tertiary/aromatic N) is 1. The lowest BCUT2D eigenvalue weighted by molar-refractivity contribution is -0.897. The van der Waals surface area contributed by atoms with Crippen molar-refractivity contribution in [1.29, 1.82) is 0 Å². The number of aromatic nitrogens is 1. The highest BCUT2D eigenvalue weighted by Gasteiger charge is 2.27. The van der Waals surface area contributed by atoms with Crippen LogP contribution in [0.15, 0.2) is 48.5 Å². The number of likely N-dealkylation sites (tertiary alicyclic amines) is 1. The Morgan fingerprint density at radius 2 is 1.90 bits per heavy atom. The van der Waals surface area contributed by atoms with Crippen LogP contribution in [0.25, 0.3) is 10.2 Å². The number of thiazole rings is 1. The maximum absolute atomic E-state index is 12.5. The summed E-state index contributed by atoms with van der Waals surface area (Å²) in [6, 6.07) is 14.4. The second-order valence-electron chi connectivity index (χ2n) is 7.14. The number of fused-ring (bicyclic) bond motifs is 1. The van der Waals surface area contributed by atoms with Gasteiger partial charge >= 0.3 is 6.61 Å². The lowest BCUT2D eigenvalue weighted by Gasteiger charge is -2.27. The minimum absolute atomic E-state index is 0.0274. The van der Waals surface area contributed by atoms with E-state index in [0.29, 0.717) is 12.5 Å². The number of ether oxygens (including phenoxy) is 1. The zero-order valence-electron chi connectivity index (χ0n) is 15.7. The van der Waals surface area contributed by atoms with E-state index in [4.69, 9.17) is 4.98 Å². The van der Waals surface area contributed by atoms with Crippen molar-refractivity contribution >= 4 is 33.1 Å². The largest absolute Gasteiger partial charge is 0.433 e. The van der Waals surface area contributed by atoms with Crippen molar-refractivity contribution in [2.24, 2.45) is 0 Å². The highest BCUT2D eigenvalue weighted by atomic mass is 32.1. The predicted octanol–water partition coefficient (Wildman–Crippen LogP) is 3.30. The third-order valence-electron chi connectivity index (χ3n) is 5.14. The molecule has 8 heteroatoms. The van der Waals surface area contributed by atoms with Gasteiger partial charge in [-0.3, -0.25) is 4.79 Å². The second-order valence-corrected chi connectivity index (χ2v) is 8.21. The van der Waals surface area contributed by atoms with Gasteiger partial charge in [0.05, 0.1) is 34.0 Å². The van der Waals surface area contributed by atoms with Gasteiger partial charge in [-0.05, 0) is 24.3 Å². The quantitative estimate of drug-likeness (QED) is 0.646. The first-order chi connectivity index (χ1) is 14.1. The Morgan fingerprint density at radius 3 is 2.66 bits per heavy atom. The normalized spacial score (nSPS) is 19.4. The number of halogens is 2. The number of hydrogen-bond donors (Lipinski definition) is 2. The number of nitrogens with one attached hydrogen (secondary N) is 2. The Balaban J connectivity index is 1.31. The number of quaternary nitrogens is 1. The van der Waals surface area contributed by atoms with E-state index >= 15 is 0 Å². The van der Waals surface area contributed by atoms with E-state index in [-0.39, 0.29) is 17.3 Å². The fraction of sp³-hybridized carbons (Fsp3) is 0.333. The van der Waals surface area contributed by atoms with Gasteiger partial charge in [-0.25, -0.2) is 4.98 Å². The Kier molecular flexibility index (Phi) is 6.01. The van der Waals surface area contributed by atoms with Gasteiger partial charge in [0, 0.05) is 18.8 Å². The van der Waals surface area contributed by atoms with Gasteiger partial charge in [0.15, 0.2) is 6.54 Å². The molecule has 0 bridgehead atoms. The summed E-state index contributed by atoms with van der Waals surface area (Å²) in [5.41, 5.74) is 1.31. The summed E-state index contributed by atoms with van der Waals surface area (Å²) in [5.74, 6) is 0.198. The molecule has 1 fully saturated rings. The Morgan fingerprint density at radius 1 is 1.17 bits per heavy atom. The van der Waals surface area contributed by atoms with Crippen molar-refractivity contribution < 1.29 is 23.2 Å². The predicted molar refractivity (Wildman–Crippen MR) is 109 cm³/mol. The van der Waals surface area contributed by atoms with Crippen LogP contribution in [-0.2, 0) is 4.79 Å². The average molecular weight is 418 g/mol. The molecule has 1 saturated heterocycles. The lowest BCUT2D eigenvalue weighted by Crippen LogP contribution is -3.14. The number of benzene rings is 2. The minimum atomic E-state index is -2.93. The fourth-order valence-corrected chi connectivity index (χ4v) is 4.84. The van der Waals surface area contributed by atoms with E-state index < -0.39 is 6.61 Å². The molecule has 0 aliphatic carbocycles. The Hall–Kier alpha value is -2.58. The second kappa shape index (κ2) is 8.84. The molecule has 29 heavy (non-hydrogen) atoms. The van der Waals surface area contributed by atoms with Crippen molar-refractivity contribution in [2.45, 2.75) is 25.4 Å². The third kappa shape index (κ3) is 4.89. The zero-order chi connectivity index (χ0) is 20.2. The summed E-state index contributed by atoms with van der Waals surface area (Å²) in [6.45, 7) is -0.873. The van der Waals surface area contributed by atoms with Gasteiger partial charge in [-0.1, -0.05) is 24.3 Å². The Labute approximate surface area is 171 Å². The number of rotatable bonds is 6. The van der Waals surface area contributed by atoms with E-state index in [1.807, 2.05) is 18.2 Å². The number of para-hydroxylation sites is 3. The van der Waals surface area contributed by atoms with Crippen LogP contribution < -0.4 is 15.0 Å². The lowest BCUT2D eigenvalue weighted by atomic mass is 9.97. The topological polar surface area (TPSA) is 55.7 Å². The van der Waals surface area contributed by atoms with Crippen LogP contribution in [0.5, 0.6) is 5.75 Å². The molecule has 1 aliphatic heterocycles. The van der Waals surface area contributed by atoms with Gasteiger partial charge in [-0.15, -0.1) is 11.3 Å². The number of carbonyl (C=O) groups is 1. The van der Waals surface area contributed by atoms with Crippen LogP contribution >= 0.6 is 11.3 Å². The van der Waals surface area contributed by atoms with Gasteiger partial charge in [0.1, 0.15) is 5.75 Å². The fourth-order valence-electron chi connectivity index (χ4n) is 3.70. The number of hydrogen-bond acceptors (Lipinski definition) is 4. The first kappa shape index (κ1) is 19.7. The zero-order valence-corrected chi connectivity index (χ0v) is 16.6. The molecule has 0 saturated carbocycles. The molecule has 1 aromatic heterocycles. The van der Waals surface area contributed by atoms with Crippen LogP contribution in [0.2, 0.25) is 0 Å². The summed E-state index contributed by atoms with van der Waals surface area (Å²) < 4.78 is 30.7. The molecule has 1 amide bonds. The highest BCUT2D eigenvalue weighted by molar-refractivity contribution is 7.18. The van der Waals surface area contributed by atoms with Crippen molar-refractivity contribution in [3.8, 4) is 5.75 Å². The summed E-state index contributed by atoms with van der Waals surface area (Å²) in [4.78, 5) is 18.4. The maximum atomic E-state index is 12.5. The number of alkyl halides is 2. The molecule has 152 valence electrons. The molecule has 5 nitrogen and oxygen atoms in total. The van der Waals surface area contributed by atoms with E-state index in [1.165, 1.54) is 20.7 Å². The van der Waals surface area contributed by atoms with Gasteiger partial charge < -0.3 is 15.0 Å². The van der Waals surface area contributed by atoms with Crippen molar-refractivity contribution in [3.05, 3.63) is 53.5 Å². The smallest absolute Gasteiger partial charge is 0.387 e. The van der Waals surface area contributed by atoms with Gasteiger partial charge in [-0.2, -0.15) is 8.78 Å². The number of anilines is 1. The molecule has 4 rings (SSSR count). The standard InChI is InChI=1S/C21H21F2N3O2S/c22-21(23)28-17-7-3-1-5-15(17)24-19(27)13-26-11-9-14(10-12-26)20-25-16-6-2-4-8-18(16)29-20/h1-8,14,21H,9-13H2,(H,24,27)/p+1. The monoisotopic (exact) mass is 418 g/mol. The first-order valence-electron chi connectivity index (χ1n) is 9.61. The molecule has 0 unspecified atom stereocenters. The molecule has 1 aliphatic rings. The first-order valence-corrected chi connectivity index (χ1v) is 10.4. The van der Waals surface area contributed by atoms with Crippen LogP contribution in [0, 0.1) is 0 Å². The highest BCUT2D eigenvalue weighted by Crippen LogP contribution is 2.31. The van der Waals surface area contributed by atoms with Crippen LogP contribution in [0.3, 0.4) is 0 Å². The SMILES string of the molecule is O=C(C[NH+]1CCC(c2nc3ccccc3s2)CC1)Nc1ccccc1OC(F)F. The van der Waals surface area contributed by atoms with Crippen molar-refractivity contribution in [1.82, 2.24) is 4.98 Å². The molecule has 0 spiro atoms. The molecule has 0 radical (unpaired) electrons. The molecular formula is C21H22F2N3O2S+. The minimum Gasteiger partial charge on any atom is -0.433 e. The van der Waals surface area contributed by atoms with Gasteiger partial charge in [0.2, 0.25) is 0 Å². The molecular weight excluding hydrogens is 396 g/mol. The van der Waals surface area contributed by atoms with Gasteiger partial charge in [0.25, 0.3) is 5.91 Å². The molecule has 0 atom stereocenters. The van der Waals surface area contributed by atoms with Crippen LogP contribution in [0.1, 0.15) is 23.8 Å². The average Bonchev–Trinajstić information content (AvgIpc) is 3.14. The Bertz CT molecular complexity index is 954. The number of carbonyl (C=O) groups excluding carboxylic acids is 1. The van der Waals surface area contributed by atoms with Crippen LogP contribution in [-0.4, -0.2) is 37.1 Å².